The topological polar surface area (TPSA) is 83.0 Å². The van der Waals surface area contributed by atoms with Gasteiger partial charge < -0.3 is 15.4 Å². The van der Waals surface area contributed by atoms with Crippen LogP contribution in [-0.4, -0.2) is 57.2 Å². The van der Waals surface area contributed by atoms with E-state index in [1.165, 1.54) is 4.31 Å². The lowest BCUT2D eigenvalue weighted by molar-refractivity contribution is 0.271. The van der Waals surface area contributed by atoms with Crippen molar-refractivity contribution in [2.45, 2.75) is 40.2 Å². The van der Waals surface area contributed by atoms with Crippen molar-refractivity contribution in [2.24, 2.45) is 10.9 Å². The van der Waals surface area contributed by atoms with Crippen molar-refractivity contribution in [1.29, 1.82) is 0 Å². The average molecular weight is 411 g/mol. The molecule has 0 radical (unpaired) electrons. The van der Waals surface area contributed by atoms with Gasteiger partial charge in [-0.25, -0.2) is 12.7 Å². The number of aliphatic imine (C=N–C) groups is 1. The van der Waals surface area contributed by atoms with Crippen molar-refractivity contribution in [3.05, 3.63) is 29.8 Å². The largest absolute Gasteiger partial charge is 0.493 e. The summed E-state index contributed by atoms with van der Waals surface area (Å²) in [4.78, 5) is 4.54. The van der Waals surface area contributed by atoms with E-state index >= 15 is 0 Å². The lowest BCUT2D eigenvalue weighted by Crippen LogP contribution is -2.39. The van der Waals surface area contributed by atoms with Crippen molar-refractivity contribution < 1.29 is 13.2 Å². The molecule has 0 aliphatic carbocycles. The molecule has 2 N–H and O–H groups in total. The molecule has 0 aromatic heterocycles. The lowest BCUT2D eigenvalue weighted by Gasteiger charge is -2.19. The number of sulfonamides is 1. The highest BCUT2D eigenvalue weighted by Gasteiger charge is 2.27. The van der Waals surface area contributed by atoms with Gasteiger partial charge in [-0.05, 0) is 43.9 Å². The van der Waals surface area contributed by atoms with Crippen molar-refractivity contribution in [3.63, 3.8) is 0 Å². The van der Waals surface area contributed by atoms with Gasteiger partial charge in [-0.15, -0.1) is 0 Å². The van der Waals surface area contributed by atoms with Gasteiger partial charge in [0, 0.05) is 19.6 Å². The Labute approximate surface area is 169 Å². The van der Waals surface area contributed by atoms with Gasteiger partial charge in [0.2, 0.25) is 10.0 Å². The molecule has 1 unspecified atom stereocenters. The number of ether oxygens (including phenoxy) is 1. The van der Waals surface area contributed by atoms with Crippen molar-refractivity contribution >= 4 is 16.0 Å². The summed E-state index contributed by atoms with van der Waals surface area (Å²) in [6.45, 7) is 11.2. The molecular formula is C20H34N4O3S. The fraction of sp³-hybridized carbons (Fsp3) is 0.650. The minimum absolute atomic E-state index is 0.0625. The first-order valence-corrected chi connectivity index (χ1v) is 11.7. The van der Waals surface area contributed by atoms with Gasteiger partial charge in [-0.3, -0.25) is 4.99 Å². The van der Waals surface area contributed by atoms with Crippen molar-refractivity contribution in [1.82, 2.24) is 14.9 Å². The van der Waals surface area contributed by atoms with E-state index < -0.39 is 10.0 Å². The Balaban J connectivity index is 1.91. The zero-order valence-corrected chi connectivity index (χ0v) is 18.3. The second-order valence-electron chi connectivity index (χ2n) is 7.47. The zero-order chi connectivity index (χ0) is 20.6. The Hall–Kier alpha value is -1.80. The number of rotatable bonds is 9. The zero-order valence-electron chi connectivity index (χ0n) is 17.4. The third-order valence-corrected chi connectivity index (χ3v) is 6.44. The van der Waals surface area contributed by atoms with Crippen LogP contribution < -0.4 is 15.4 Å². The van der Waals surface area contributed by atoms with Crippen LogP contribution in [0.25, 0.3) is 0 Å². The summed E-state index contributed by atoms with van der Waals surface area (Å²) in [6, 6.07) is 8.13. The van der Waals surface area contributed by atoms with Gasteiger partial charge >= 0.3 is 0 Å². The minimum Gasteiger partial charge on any atom is -0.493 e. The van der Waals surface area contributed by atoms with E-state index in [9.17, 15) is 8.42 Å². The molecule has 0 amide bonds. The van der Waals surface area contributed by atoms with Gasteiger partial charge in [0.25, 0.3) is 0 Å². The molecular weight excluding hydrogens is 376 g/mol. The van der Waals surface area contributed by atoms with Crippen LogP contribution in [0.5, 0.6) is 5.75 Å². The number of hydrogen-bond donors (Lipinski definition) is 2. The smallest absolute Gasteiger partial charge is 0.214 e. The molecule has 158 valence electrons. The highest BCUT2D eigenvalue weighted by Crippen LogP contribution is 2.18. The molecule has 0 saturated carbocycles. The highest BCUT2D eigenvalue weighted by molar-refractivity contribution is 7.89. The van der Waals surface area contributed by atoms with Gasteiger partial charge in [0.1, 0.15) is 5.75 Å². The average Bonchev–Trinajstić information content (AvgIpc) is 2.98. The quantitative estimate of drug-likeness (QED) is 0.482. The molecule has 1 atom stereocenters. The Morgan fingerprint density at radius 3 is 2.54 bits per heavy atom. The van der Waals surface area contributed by atoms with Crippen LogP contribution in [0.3, 0.4) is 0 Å². The maximum atomic E-state index is 11.9. The SMILES string of the molecule is CCNC(=NCCN1CCCS1(=O)=O)NC(C)c1ccc(OCC(C)C)cc1. The summed E-state index contributed by atoms with van der Waals surface area (Å²) in [6.07, 6.45) is 0.707. The summed E-state index contributed by atoms with van der Waals surface area (Å²) in [5, 5.41) is 6.60. The van der Waals surface area contributed by atoms with E-state index in [1.807, 2.05) is 31.2 Å². The van der Waals surface area contributed by atoms with Crippen LogP contribution in [0, 0.1) is 5.92 Å². The van der Waals surface area contributed by atoms with Gasteiger partial charge in [-0.2, -0.15) is 0 Å². The molecule has 8 heteroatoms. The summed E-state index contributed by atoms with van der Waals surface area (Å²) in [7, 11) is -3.07. The Morgan fingerprint density at radius 2 is 1.96 bits per heavy atom. The Morgan fingerprint density at radius 1 is 1.25 bits per heavy atom. The number of benzene rings is 1. The maximum absolute atomic E-state index is 11.9. The number of hydrogen-bond acceptors (Lipinski definition) is 4. The van der Waals surface area contributed by atoms with E-state index in [0.717, 1.165) is 17.9 Å². The fourth-order valence-electron chi connectivity index (χ4n) is 2.94. The van der Waals surface area contributed by atoms with Crippen molar-refractivity contribution in [2.75, 3.05) is 38.5 Å². The predicted octanol–water partition coefficient (Wildman–Crippen LogP) is 2.37. The molecule has 0 bridgehead atoms. The molecule has 7 nitrogen and oxygen atoms in total. The normalized spacial score (nSPS) is 18.2. The van der Waals surface area contributed by atoms with Crippen LogP contribution in [0.15, 0.2) is 29.3 Å². The molecule has 1 aliphatic heterocycles. The molecule has 28 heavy (non-hydrogen) atoms. The third kappa shape index (κ3) is 6.98. The van der Waals surface area contributed by atoms with Crippen LogP contribution >= 0.6 is 0 Å². The monoisotopic (exact) mass is 410 g/mol. The summed E-state index contributed by atoms with van der Waals surface area (Å²) >= 11 is 0. The summed E-state index contributed by atoms with van der Waals surface area (Å²) in [5.41, 5.74) is 1.13. The maximum Gasteiger partial charge on any atom is 0.214 e. The first-order chi connectivity index (χ1) is 13.3. The third-order valence-electron chi connectivity index (χ3n) is 4.48. The molecule has 1 saturated heterocycles. The molecule has 0 spiro atoms. The van der Waals surface area contributed by atoms with Gasteiger partial charge in [0.05, 0.1) is 24.9 Å². The predicted molar refractivity (Wildman–Crippen MR) is 114 cm³/mol. The number of guanidine groups is 1. The minimum atomic E-state index is -3.07. The second kappa shape index (κ2) is 10.7. The molecule has 1 aromatic carbocycles. The van der Waals surface area contributed by atoms with Crippen molar-refractivity contribution in [3.8, 4) is 5.75 Å². The van der Waals surface area contributed by atoms with Crippen LogP contribution in [0.2, 0.25) is 0 Å². The molecule has 1 fully saturated rings. The molecule has 1 aromatic rings. The van der Waals surface area contributed by atoms with E-state index in [0.29, 0.717) is 44.5 Å². The molecule has 1 heterocycles. The molecule has 2 rings (SSSR count). The fourth-order valence-corrected chi connectivity index (χ4v) is 4.46. The summed E-state index contributed by atoms with van der Waals surface area (Å²) < 4.78 is 31.0. The van der Waals surface area contributed by atoms with Crippen LogP contribution in [-0.2, 0) is 10.0 Å². The van der Waals surface area contributed by atoms with E-state index in [-0.39, 0.29) is 11.8 Å². The Kier molecular flexibility index (Phi) is 8.57. The summed E-state index contributed by atoms with van der Waals surface area (Å²) in [5.74, 6) is 2.31. The number of nitrogens with zero attached hydrogens (tertiary/aromatic N) is 2. The first-order valence-electron chi connectivity index (χ1n) is 10.1. The first kappa shape index (κ1) is 22.5. The second-order valence-corrected chi connectivity index (χ2v) is 9.56. The Bertz CT molecular complexity index is 732. The number of nitrogens with one attached hydrogen (secondary N) is 2. The van der Waals surface area contributed by atoms with Gasteiger partial charge in [-0.1, -0.05) is 26.0 Å². The van der Waals surface area contributed by atoms with Crippen LogP contribution in [0.1, 0.15) is 45.7 Å². The highest BCUT2D eigenvalue weighted by atomic mass is 32.2. The molecule has 1 aliphatic rings. The standard InChI is InChI=1S/C20H34N4O3S/c1-5-21-20(22-11-13-24-12-6-14-28(24,25)26)23-17(4)18-7-9-19(10-8-18)27-15-16(2)3/h7-10,16-17H,5-6,11-15H2,1-4H3,(H2,21,22,23). The van der Waals surface area contributed by atoms with E-state index in [1.54, 1.807) is 0 Å². The van der Waals surface area contributed by atoms with E-state index in [2.05, 4.69) is 36.4 Å². The van der Waals surface area contributed by atoms with Gasteiger partial charge in [0.15, 0.2) is 5.96 Å². The lowest BCUT2D eigenvalue weighted by atomic mass is 10.1. The van der Waals surface area contributed by atoms with Crippen LogP contribution in [0.4, 0.5) is 0 Å². The van der Waals surface area contributed by atoms with E-state index in [4.69, 9.17) is 4.74 Å².